The Morgan fingerprint density at radius 1 is 1.29 bits per heavy atom. The number of hydrogen-bond acceptors (Lipinski definition) is 3. The number of carbonyl (C=O) groups is 2. The average Bonchev–Trinajstić information content (AvgIpc) is 2.95. The third kappa shape index (κ3) is 4.68. The molecule has 1 aromatic rings. The molecular weight excluding hydrogens is 302 g/mol. The highest BCUT2D eigenvalue weighted by atomic mass is 16.2. The lowest BCUT2D eigenvalue weighted by molar-refractivity contribution is -0.122. The molecule has 2 rings (SSSR count). The molecule has 130 valence electrons. The molecule has 1 aliphatic heterocycles. The van der Waals surface area contributed by atoms with Gasteiger partial charge in [0.15, 0.2) is 0 Å². The van der Waals surface area contributed by atoms with Gasteiger partial charge < -0.3 is 16.0 Å². The predicted molar refractivity (Wildman–Crippen MR) is 96.7 cm³/mol. The van der Waals surface area contributed by atoms with Gasteiger partial charge in [0.05, 0.1) is 6.04 Å². The minimum Gasteiger partial charge on any atom is -0.349 e. The van der Waals surface area contributed by atoms with Crippen LogP contribution < -0.4 is 16.0 Å². The third-order valence-corrected chi connectivity index (χ3v) is 4.09. The van der Waals surface area contributed by atoms with Crippen LogP contribution in [0.1, 0.15) is 32.8 Å². The molecule has 1 aromatic carbocycles. The van der Waals surface area contributed by atoms with E-state index in [1.807, 2.05) is 18.2 Å². The topological polar surface area (TPSA) is 75.4 Å². The molecule has 5 nitrogen and oxygen atoms in total. The molecule has 24 heavy (non-hydrogen) atoms. The summed E-state index contributed by atoms with van der Waals surface area (Å²) in [6.45, 7) is 6.51. The standard InChI is InChI=1S/C19H27N3O2/c1-13(2)12-16(21-19(24)14(3)20)8-9-18(23)22-11-10-15-6-4-5-7-17(15)22/h4-9,13-14,16H,10-12,20H2,1-3H3,(H,21,24). The van der Waals surface area contributed by atoms with Gasteiger partial charge in [0.25, 0.3) is 5.91 Å². The Labute approximate surface area is 143 Å². The molecule has 5 heteroatoms. The molecular formula is C19H27N3O2. The second kappa shape index (κ2) is 8.11. The number of anilines is 1. The monoisotopic (exact) mass is 329 g/mol. The maximum absolute atomic E-state index is 12.5. The number of fused-ring (bicyclic) bond motifs is 1. The summed E-state index contributed by atoms with van der Waals surface area (Å²) in [6.07, 6.45) is 4.99. The van der Waals surface area contributed by atoms with Crippen molar-refractivity contribution in [3.63, 3.8) is 0 Å². The number of rotatable bonds is 6. The van der Waals surface area contributed by atoms with Crippen LogP contribution in [0.25, 0.3) is 0 Å². The lowest BCUT2D eigenvalue weighted by Crippen LogP contribution is -2.43. The van der Waals surface area contributed by atoms with Crippen LogP contribution in [0.15, 0.2) is 36.4 Å². The summed E-state index contributed by atoms with van der Waals surface area (Å²) in [5, 5.41) is 2.89. The van der Waals surface area contributed by atoms with Gasteiger partial charge in [-0.2, -0.15) is 0 Å². The lowest BCUT2D eigenvalue weighted by atomic mass is 10.0. The van der Waals surface area contributed by atoms with Crippen LogP contribution in [-0.4, -0.2) is 30.4 Å². The summed E-state index contributed by atoms with van der Waals surface area (Å²) in [5.74, 6) is 0.142. The van der Waals surface area contributed by atoms with Gasteiger partial charge in [-0.15, -0.1) is 0 Å². The van der Waals surface area contributed by atoms with Crippen LogP contribution in [0.4, 0.5) is 5.69 Å². The molecule has 3 N–H and O–H groups in total. The van der Waals surface area contributed by atoms with Gasteiger partial charge in [0, 0.05) is 24.4 Å². The van der Waals surface area contributed by atoms with Crippen molar-refractivity contribution < 1.29 is 9.59 Å². The van der Waals surface area contributed by atoms with E-state index in [1.54, 1.807) is 24.0 Å². The third-order valence-electron chi connectivity index (χ3n) is 4.09. The number of benzene rings is 1. The summed E-state index contributed by atoms with van der Waals surface area (Å²) in [6, 6.07) is 7.21. The summed E-state index contributed by atoms with van der Waals surface area (Å²) < 4.78 is 0. The van der Waals surface area contributed by atoms with Crippen molar-refractivity contribution in [3.8, 4) is 0 Å². The molecule has 0 aliphatic carbocycles. The van der Waals surface area contributed by atoms with Crippen molar-refractivity contribution in [2.24, 2.45) is 11.7 Å². The summed E-state index contributed by atoms with van der Waals surface area (Å²) in [4.78, 5) is 26.1. The molecule has 0 aromatic heterocycles. The normalized spacial score (nSPS) is 16.3. The quantitative estimate of drug-likeness (QED) is 0.784. The molecule has 0 saturated heterocycles. The minimum atomic E-state index is -0.561. The maximum atomic E-state index is 12.5. The average molecular weight is 329 g/mol. The van der Waals surface area contributed by atoms with Gasteiger partial charge in [-0.3, -0.25) is 9.59 Å². The number of nitrogens with two attached hydrogens (primary N) is 1. The van der Waals surface area contributed by atoms with E-state index in [4.69, 9.17) is 5.73 Å². The van der Waals surface area contributed by atoms with E-state index in [9.17, 15) is 9.59 Å². The Morgan fingerprint density at radius 3 is 2.67 bits per heavy atom. The fraction of sp³-hybridized carbons (Fsp3) is 0.474. The van der Waals surface area contributed by atoms with Crippen LogP contribution in [-0.2, 0) is 16.0 Å². The molecule has 0 radical (unpaired) electrons. The van der Waals surface area contributed by atoms with Crippen molar-refractivity contribution in [1.29, 1.82) is 0 Å². The molecule has 2 unspecified atom stereocenters. The number of amides is 2. The van der Waals surface area contributed by atoms with Crippen molar-refractivity contribution in [2.75, 3.05) is 11.4 Å². The maximum Gasteiger partial charge on any atom is 0.250 e. The second-order valence-corrected chi connectivity index (χ2v) is 6.76. The van der Waals surface area contributed by atoms with Crippen LogP contribution in [0.2, 0.25) is 0 Å². The number of nitrogens with zero attached hydrogens (tertiary/aromatic N) is 1. The van der Waals surface area contributed by atoms with E-state index in [0.29, 0.717) is 12.5 Å². The Morgan fingerprint density at radius 2 is 2.00 bits per heavy atom. The van der Waals surface area contributed by atoms with Gasteiger partial charge in [-0.05, 0) is 37.3 Å². The van der Waals surface area contributed by atoms with Gasteiger partial charge in [-0.1, -0.05) is 38.1 Å². The van der Waals surface area contributed by atoms with E-state index in [1.165, 1.54) is 5.56 Å². The number of nitrogens with one attached hydrogen (secondary N) is 1. The molecule has 0 spiro atoms. The van der Waals surface area contributed by atoms with E-state index < -0.39 is 6.04 Å². The Kier molecular flexibility index (Phi) is 6.15. The second-order valence-electron chi connectivity index (χ2n) is 6.76. The molecule has 0 fully saturated rings. The van der Waals surface area contributed by atoms with Crippen molar-refractivity contribution in [3.05, 3.63) is 42.0 Å². The fourth-order valence-electron chi connectivity index (χ4n) is 2.86. The first-order valence-corrected chi connectivity index (χ1v) is 8.52. The molecule has 0 saturated carbocycles. The van der Waals surface area contributed by atoms with Crippen molar-refractivity contribution in [2.45, 2.75) is 45.7 Å². The first-order chi connectivity index (χ1) is 11.4. The SMILES string of the molecule is CC(C)CC(C=CC(=O)N1CCc2ccccc21)NC(=O)C(C)N. The number of carbonyl (C=O) groups excluding carboxylic acids is 2. The van der Waals surface area contributed by atoms with Gasteiger partial charge in [-0.25, -0.2) is 0 Å². The van der Waals surface area contributed by atoms with Crippen LogP contribution in [0, 0.1) is 5.92 Å². The Bertz CT molecular complexity index is 623. The van der Waals surface area contributed by atoms with E-state index in [2.05, 4.69) is 25.2 Å². The highest BCUT2D eigenvalue weighted by Gasteiger charge is 2.23. The zero-order chi connectivity index (χ0) is 17.7. The zero-order valence-electron chi connectivity index (χ0n) is 14.7. The molecule has 2 atom stereocenters. The molecule has 2 amide bonds. The summed E-state index contributed by atoms with van der Waals surface area (Å²) in [5.41, 5.74) is 7.79. The number of hydrogen-bond donors (Lipinski definition) is 2. The Balaban J connectivity index is 2.05. The van der Waals surface area contributed by atoms with Gasteiger partial charge >= 0.3 is 0 Å². The fourth-order valence-corrected chi connectivity index (χ4v) is 2.86. The summed E-state index contributed by atoms with van der Waals surface area (Å²) >= 11 is 0. The lowest BCUT2D eigenvalue weighted by Gasteiger charge is -2.19. The minimum absolute atomic E-state index is 0.0521. The molecule has 1 heterocycles. The predicted octanol–water partition coefficient (Wildman–Crippen LogP) is 2.01. The molecule has 1 aliphatic rings. The Hall–Kier alpha value is -2.14. The van der Waals surface area contributed by atoms with E-state index in [0.717, 1.165) is 18.5 Å². The highest BCUT2D eigenvalue weighted by Crippen LogP contribution is 2.27. The highest BCUT2D eigenvalue weighted by molar-refractivity contribution is 6.03. The van der Waals surface area contributed by atoms with Crippen LogP contribution in [0.3, 0.4) is 0 Å². The summed E-state index contributed by atoms with van der Waals surface area (Å²) in [7, 11) is 0. The first-order valence-electron chi connectivity index (χ1n) is 8.52. The smallest absolute Gasteiger partial charge is 0.250 e. The van der Waals surface area contributed by atoms with Crippen LogP contribution in [0.5, 0.6) is 0 Å². The van der Waals surface area contributed by atoms with E-state index >= 15 is 0 Å². The zero-order valence-corrected chi connectivity index (χ0v) is 14.7. The largest absolute Gasteiger partial charge is 0.349 e. The van der Waals surface area contributed by atoms with Crippen molar-refractivity contribution >= 4 is 17.5 Å². The number of para-hydroxylation sites is 1. The van der Waals surface area contributed by atoms with Gasteiger partial charge in [0.1, 0.15) is 0 Å². The first kappa shape index (κ1) is 18.2. The van der Waals surface area contributed by atoms with Crippen LogP contribution >= 0.6 is 0 Å². The van der Waals surface area contributed by atoms with Gasteiger partial charge in [0.2, 0.25) is 5.91 Å². The molecule has 0 bridgehead atoms. The van der Waals surface area contributed by atoms with Crippen molar-refractivity contribution in [1.82, 2.24) is 5.32 Å². The van der Waals surface area contributed by atoms with E-state index in [-0.39, 0.29) is 17.9 Å².